The van der Waals surface area contributed by atoms with Crippen molar-refractivity contribution in [2.24, 2.45) is 22.1 Å². The zero-order chi connectivity index (χ0) is 17.7. The summed E-state index contributed by atoms with van der Waals surface area (Å²) in [4.78, 5) is 20.3. The van der Waals surface area contributed by atoms with E-state index in [1.54, 1.807) is 23.3 Å². The molecule has 26 heavy (non-hydrogen) atoms. The number of hydrogen-bond donors (Lipinski definition) is 2. The second kappa shape index (κ2) is 5.20. The second-order valence-corrected chi connectivity index (χ2v) is 6.25. The standard InChI is InChI=1S/C17H14N8O/c1-24-10-13(8-19-24)25-5-4-18-9-15(25)22-17(23-25)20-12-2-3-14-11(6-12)7-16(26)21-14/h2-6,8-10H,7H2,1H3,(H-,18,20,21,22,23,26)/p+1. The van der Waals surface area contributed by atoms with Gasteiger partial charge < -0.3 is 10.6 Å². The van der Waals surface area contributed by atoms with Gasteiger partial charge in [-0.05, 0) is 28.9 Å². The van der Waals surface area contributed by atoms with Crippen LogP contribution in [0.2, 0.25) is 0 Å². The molecule has 4 heterocycles. The summed E-state index contributed by atoms with van der Waals surface area (Å²) in [6.45, 7) is 0. The van der Waals surface area contributed by atoms with Gasteiger partial charge in [0.1, 0.15) is 12.4 Å². The molecule has 0 bridgehead atoms. The van der Waals surface area contributed by atoms with E-state index < -0.39 is 0 Å². The predicted molar refractivity (Wildman–Crippen MR) is 99.9 cm³/mol. The van der Waals surface area contributed by atoms with E-state index in [9.17, 15) is 4.79 Å². The van der Waals surface area contributed by atoms with E-state index in [0.29, 0.717) is 18.2 Å². The van der Waals surface area contributed by atoms with Crippen molar-refractivity contribution in [3.05, 3.63) is 48.6 Å². The molecule has 1 aromatic carbocycles. The third-order valence-corrected chi connectivity index (χ3v) is 4.45. The molecular weight excluding hydrogens is 332 g/mol. The van der Waals surface area contributed by atoms with Gasteiger partial charge in [-0.3, -0.25) is 14.5 Å². The number of fused-ring (bicyclic) bond motifs is 2. The molecule has 128 valence electrons. The van der Waals surface area contributed by atoms with Crippen molar-refractivity contribution in [2.45, 2.75) is 6.42 Å². The zero-order valence-electron chi connectivity index (χ0n) is 13.9. The number of amides is 1. The number of hydrogen-bond acceptors (Lipinski definition) is 6. The van der Waals surface area contributed by atoms with Gasteiger partial charge >= 0.3 is 0 Å². The van der Waals surface area contributed by atoms with E-state index in [1.807, 2.05) is 37.6 Å². The molecule has 9 heteroatoms. The minimum Gasteiger partial charge on any atom is -0.326 e. The quantitative estimate of drug-likeness (QED) is 0.807. The van der Waals surface area contributed by atoms with Crippen LogP contribution in [0.1, 0.15) is 5.56 Å². The number of guanidine groups is 1. The number of nitrogens with one attached hydrogen (secondary N) is 2. The Morgan fingerprint density at radius 1 is 1.35 bits per heavy atom. The van der Waals surface area contributed by atoms with Crippen molar-refractivity contribution in [3.63, 3.8) is 0 Å². The second-order valence-electron chi connectivity index (χ2n) is 6.25. The Morgan fingerprint density at radius 3 is 3.12 bits per heavy atom. The number of anilines is 2. The first-order valence-corrected chi connectivity index (χ1v) is 8.10. The zero-order valence-corrected chi connectivity index (χ0v) is 13.9. The van der Waals surface area contributed by atoms with Crippen LogP contribution in [0.15, 0.2) is 58.1 Å². The molecule has 2 N–H and O–H groups in total. The minimum absolute atomic E-state index is 0.00941. The lowest BCUT2D eigenvalue weighted by Gasteiger charge is -2.21. The fraction of sp³-hybridized carbons (Fsp3) is 0.118. The summed E-state index contributed by atoms with van der Waals surface area (Å²) in [5.41, 5.74) is 3.51. The first kappa shape index (κ1) is 14.7. The van der Waals surface area contributed by atoms with E-state index in [-0.39, 0.29) is 10.5 Å². The highest BCUT2D eigenvalue weighted by molar-refractivity contribution is 6.38. The number of quaternary nitrogens is 1. The number of carbonyl (C=O) groups excluding carboxylic acids is 1. The molecule has 0 saturated heterocycles. The molecule has 1 amide bonds. The number of aliphatic imine (C=N–C) groups is 2. The van der Waals surface area contributed by atoms with Crippen molar-refractivity contribution >= 4 is 41.0 Å². The molecule has 0 spiro atoms. The molecule has 1 aromatic heterocycles. The maximum atomic E-state index is 11.5. The lowest BCUT2D eigenvalue weighted by Crippen LogP contribution is -2.44. The summed E-state index contributed by atoms with van der Waals surface area (Å²) in [5.74, 6) is 1.16. The van der Waals surface area contributed by atoms with Gasteiger partial charge in [-0.1, -0.05) is 4.59 Å². The molecule has 0 radical (unpaired) electrons. The normalized spacial score (nSPS) is 22.6. The van der Waals surface area contributed by atoms with Crippen molar-refractivity contribution in [2.75, 3.05) is 10.6 Å². The van der Waals surface area contributed by atoms with E-state index in [4.69, 9.17) is 5.10 Å². The Kier molecular flexibility index (Phi) is 2.95. The number of rotatable bonds is 2. The van der Waals surface area contributed by atoms with E-state index in [1.165, 1.54) is 0 Å². The fourth-order valence-electron chi connectivity index (χ4n) is 3.23. The lowest BCUT2D eigenvalue weighted by atomic mass is 10.1. The van der Waals surface area contributed by atoms with Gasteiger partial charge in [-0.25, -0.2) is 0 Å². The highest BCUT2D eigenvalue weighted by Crippen LogP contribution is 2.31. The van der Waals surface area contributed by atoms with Crippen LogP contribution < -0.4 is 15.2 Å². The Hall–Kier alpha value is -3.59. The number of aromatic nitrogens is 2. The van der Waals surface area contributed by atoms with Gasteiger partial charge in [0.2, 0.25) is 11.6 Å². The molecule has 0 aliphatic carbocycles. The molecule has 0 fully saturated rings. The molecule has 9 nitrogen and oxygen atoms in total. The average Bonchev–Trinajstić information content (AvgIpc) is 3.30. The predicted octanol–water partition coefficient (Wildman–Crippen LogP) is 1.57. The summed E-state index contributed by atoms with van der Waals surface area (Å²) in [7, 11) is 1.86. The molecule has 3 aliphatic rings. The number of carbonyl (C=O) groups is 1. The Balaban J connectivity index is 1.50. The van der Waals surface area contributed by atoms with Crippen LogP contribution in [0, 0.1) is 0 Å². The number of nitrogens with zero attached hydrogens (tertiary/aromatic N) is 6. The van der Waals surface area contributed by atoms with Gasteiger partial charge in [0.15, 0.2) is 6.20 Å². The minimum atomic E-state index is 0.00941. The van der Waals surface area contributed by atoms with Crippen molar-refractivity contribution < 1.29 is 4.79 Å². The summed E-state index contributed by atoms with van der Waals surface area (Å²) in [6.07, 6.45) is 9.30. The SMILES string of the molecule is Cn1cc([N+]23C=CN=CC2=NC(Nc2ccc4c(c2)CC(=O)N4)=N3)cn1. The van der Waals surface area contributed by atoms with Crippen LogP contribution in [-0.4, -0.2) is 33.7 Å². The summed E-state index contributed by atoms with van der Waals surface area (Å²) >= 11 is 0. The molecular formula is C17H15N8O+. The van der Waals surface area contributed by atoms with Crippen LogP contribution in [0.4, 0.5) is 17.1 Å². The molecule has 1 unspecified atom stereocenters. The van der Waals surface area contributed by atoms with E-state index in [0.717, 1.165) is 22.6 Å². The average molecular weight is 347 g/mol. The largest absolute Gasteiger partial charge is 0.326 e. The molecule has 3 aliphatic heterocycles. The van der Waals surface area contributed by atoms with Gasteiger partial charge in [0.25, 0.3) is 11.8 Å². The Labute approximate surface area is 148 Å². The maximum absolute atomic E-state index is 11.5. The number of aryl methyl sites for hydroxylation is 1. The van der Waals surface area contributed by atoms with E-state index >= 15 is 0 Å². The third kappa shape index (κ3) is 2.18. The van der Waals surface area contributed by atoms with E-state index in [2.05, 4.69) is 25.7 Å². The topological polar surface area (TPSA) is 96.0 Å². The summed E-state index contributed by atoms with van der Waals surface area (Å²) < 4.78 is 1.82. The fourth-order valence-corrected chi connectivity index (χ4v) is 3.23. The summed E-state index contributed by atoms with van der Waals surface area (Å²) in [5, 5.41) is 15.0. The highest BCUT2D eigenvalue weighted by atomic mass is 16.1. The van der Waals surface area contributed by atoms with Crippen LogP contribution in [-0.2, 0) is 18.3 Å². The number of benzene rings is 1. The first-order valence-electron chi connectivity index (χ1n) is 8.10. The Bertz CT molecular complexity index is 1060. The third-order valence-electron chi connectivity index (χ3n) is 4.45. The lowest BCUT2D eigenvalue weighted by molar-refractivity contribution is -0.115. The molecule has 1 atom stereocenters. The van der Waals surface area contributed by atoms with Gasteiger partial charge in [-0.2, -0.15) is 10.1 Å². The van der Waals surface area contributed by atoms with Crippen LogP contribution in [0.5, 0.6) is 0 Å². The first-order chi connectivity index (χ1) is 12.6. The molecule has 5 rings (SSSR count). The van der Waals surface area contributed by atoms with Crippen LogP contribution >= 0.6 is 0 Å². The smallest absolute Gasteiger partial charge is 0.287 e. The maximum Gasteiger partial charge on any atom is 0.287 e. The van der Waals surface area contributed by atoms with Crippen LogP contribution in [0.25, 0.3) is 0 Å². The monoisotopic (exact) mass is 347 g/mol. The van der Waals surface area contributed by atoms with Gasteiger partial charge in [0.05, 0.1) is 18.8 Å². The van der Waals surface area contributed by atoms with Crippen molar-refractivity contribution in [1.82, 2.24) is 14.4 Å². The Morgan fingerprint density at radius 2 is 2.27 bits per heavy atom. The summed E-state index contributed by atoms with van der Waals surface area (Å²) in [6, 6.07) is 5.71. The highest BCUT2D eigenvalue weighted by Gasteiger charge is 2.43. The molecule has 2 aromatic rings. The van der Waals surface area contributed by atoms with Crippen molar-refractivity contribution in [1.29, 1.82) is 0 Å². The number of amidine groups is 1. The van der Waals surface area contributed by atoms with Gasteiger partial charge in [0, 0.05) is 18.4 Å². The van der Waals surface area contributed by atoms with Crippen LogP contribution in [0.3, 0.4) is 0 Å². The van der Waals surface area contributed by atoms with Crippen molar-refractivity contribution in [3.8, 4) is 0 Å². The molecule has 0 saturated carbocycles. The van der Waals surface area contributed by atoms with Gasteiger partial charge in [-0.15, -0.1) is 0 Å².